The molecule has 0 radical (unpaired) electrons. The van der Waals surface area contributed by atoms with Gasteiger partial charge < -0.3 is 9.47 Å². The Morgan fingerprint density at radius 1 is 1.53 bits per heavy atom. The van der Waals surface area contributed by atoms with Crippen LogP contribution in [-0.2, 0) is 22.5 Å². The number of carbonyl (C=O) groups excluding carboxylic acids is 1. The fourth-order valence-corrected chi connectivity index (χ4v) is 2.79. The van der Waals surface area contributed by atoms with Crippen LogP contribution < -0.4 is 4.74 Å². The zero-order valence-corrected chi connectivity index (χ0v) is 12.8. The van der Waals surface area contributed by atoms with Crippen molar-refractivity contribution in [2.24, 2.45) is 0 Å². The van der Waals surface area contributed by atoms with E-state index in [-0.39, 0.29) is 12.5 Å². The quantitative estimate of drug-likeness (QED) is 0.778. The summed E-state index contributed by atoms with van der Waals surface area (Å²) < 4.78 is 11.7. The minimum Gasteiger partial charge on any atom is -0.493 e. The summed E-state index contributed by atoms with van der Waals surface area (Å²) in [6.07, 6.45) is 0.948. The number of likely N-dealkylation sites (N-methyl/N-ethyl adjacent to an activating group) is 1. The molecule has 0 unspecified atom stereocenters. The molecule has 1 aliphatic heterocycles. The molecular weight excluding hydrogens is 310 g/mol. The monoisotopic (exact) mass is 327 g/mol. The van der Waals surface area contributed by atoms with Crippen LogP contribution in [-0.4, -0.2) is 37.7 Å². The van der Waals surface area contributed by atoms with Crippen LogP contribution in [0, 0.1) is 0 Å². The van der Waals surface area contributed by atoms with Gasteiger partial charge in [-0.25, -0.2) is 0 Å². The fourth-order valence-electron chi connectivity index (χ4n) is 2.24. The number of esters is 1. The van der Waals surface area contributed by atoms with Crippen LogP contribution in [0.1, 0.15) is 18.1 Å². The van der Waals surface area contributed by atoms with Crippen LogP contribution in [0.4, 0.5) is 0 Å². The van der Waals surface area contributed by atoms with Crippen LogP contribution >= 0.6 is 15.9 Å². The van der Waals surface area contributed by atoms with E-state index in [0.29, 0.717) is 13.2 Å². The van der Waals surface area contributed by atoms with Crippen molar-refractivity contribution in [2.45, 2.75) is 19.9 Å². The number of carbonyl (C=O) groups is 1. The first-order valence-electron chi connectivity index (χ1n) is 6.38. The molecule has 104 valence electrons. The molecule has 0 fully saturated rings. The number of hydrogen-bond acceptors (Lipinski definition) is 4. The summed E-state index contributed by atoms with van der Waals surface area (Å²) in [5.74, 6) is 0.775. The summed E-state index contributed by atoms with van der Waals surface area (Å²) in [6.45, 7) is 3.92. The van der Waals surface area contributed by atoms with E-state index in [1.54, 1.807) is 0 Å². The summed E-state index contributed by atoms with van der Waals surface area (Å²) >= 11 is 3.52. The van der Waals surface area contributed by atoms with Crippen molar-refractivity contribution in [3.8, 4) is 5.75 Å². The van der Waals surface area contributed by atoms with Crippen molar-refractivity contribution in [3.05, 3.63) is 27.7 Å². The lowest BCUT2D eigenvalue weighted by Gasteiger charge is -2.17. The second kappa shape index (κ2) is 6.39. The Morgan fingerprint density at radius 3 is 3.05 bits per heavy atom. The minimum atomic E-state index is -0.197. The Morgan fingerprint density at radius 2 is 2.32 bits per heavy atom. The molecule has 5 heteroatoms. The fraction of sp³-hybridized carbons (Fsp3) is 0.500. The van der Waals surface area contributed by atoms with Gasteiger partial charge in [0.15, 0.2) is 0 Å². The third-order valence-corrected chi connectivity index (χ3v) is 3.43. The van der Waals surface area contributed by atoms with E-state index >= 15 is 0 Å². The van der Waals surface area contributed by atoms with Crippen LogP contribution in [0.15, 0.2) is 16.6 Å². The number of nitrogens with zero attached hydrogens (tertiary/aromatic N) is 1. The van der Waals surface area contributed by atoms with Crippen molar-refractivity contribution < 1.29 is 14.3 Å². The maximum atomic E-state index is 11.4. The van der Waals surface area contributed by atoms with E-state index in [9.17, 15) is 4.79 Å². The molecule has 1 aliphatic rings. The molecule has 1 heterocycles. The number of halogens is 1. The normalized spacial score (nSPS) is 13.3. The van der Waals surface area contributed by atoms with Gasteiger partial charge in [0.2, 0.25) is 0 Å². The lowest BCUT2D eigenvalue weighted by atomic mass is 10.1. The van der Waals surface area contributed by atoms with Gasteiger partial charge in [-0.1, -0.05) is 15.9 Å². The summed E-state index contributed by atoms with van der Waals surface area (Å²) in [5, 5.41) is 0. The molecule has 19 heavy (non-hydrogen) atoms. The number of fused-ring (bicyclic) bond motifs is 1. The largest absolute Gasteiger partial charge is 0.493 e. The zero-order chi connectivity index (χ0) is 13.8. The topological polar surface area (TPSA) is 38.8 Å². The first kappa shape index (κ1) is 14.3. The van der Waals surface area contributed by atoms with Crippen LogP contribution in [0.3, 0.4) is 0 Å². The summed E-state index contributed by atoms with van der Waals surface area (Å²) in [7, 11) is 1.90. The predicted molar refractivity (Wildman–Crippen MR) is 76.3 cm³/mol. The molecular formula is C14H18BrNO3. The first-order chi connectivity index (χ1) is 9.10. The van der Waals surface area contributed by atoms with E-state index < -0.39 is 0 Å². The van der Waals surface area contributed by atoms with Crippen LogP contribution in [0.2, 0.25) is 0 Å². The van der Waals surface area contributed by atoms with Gasteiger partial charge in [-0.3, -0.25) is 9.69 Å². The van der Waals surface area contributed by atoms with Crippen molar-refractivity contribution in [1.82, 2.24) is 4.90 Å². The smallest absolute Gasteiger partial charge is 0.320 e. The Bertz CT molecular complexity index is 476. The lowest BCUT2D eigenvalue weighted by Crippen LogP contribution is -2.27. The molecule has 1 aromatic carbocycles. The average molecular weight is 328 g/mol. The van der Waals surface area contributed by atoms with Crippen LogP contribution in [0.5, 0.6) is 5.75 Å². The number of rotatable bonds is 5. The molecule has 0 aliphatic carbocycles. The number of benzene rings is 1. The summed E-state index contributed by atoms with van der Waals surface area (Å²) in [6, 6.07) is 4.14. The van der Waals surface area contributed by atoms with Crippen molar-refractivity contribution >= 4 is 21.9 Å². The molecule has 0 spiro atoms. The molecule has 0 atom stereocenters. The van der Waals surface area contributed by atoms with Gasteiger partial charge in [0, 0.05) is 23.0 Å². The standard InChI is InChI=1S/C14H18BrNO3/c1-3-18-13(17)9-16(2)8-11-7-12(15)6-10-4-5-19-14(10)11/h6-7H,3-5,8-9H2,1-2H3. The van der Waals surface area contributed by atoms with Gasteiger partial charge in [0.25, 0.3) is 0 Å². The molecule has 1 aromatic rings. The maximum Gasteiger partial charge on any atom is 0.320 e. The van der Waals surface area contributed by atoms with Crippen LogP contribution in [0.25, 0.3) is 0 Å². The van der Waals surface area contributed by atoms with Gasteiger partial charge >= 0.3 is 5.97 Å². The molecule has 0 amide bonds. The SMILES string of the molecule is CCOC(=O)CN(C)Cc1cc(Br)cc2c1OCC2. The number of ether oxygens (including phenoxy) is 2. The Kier molecular flexibility index (Phi) is 4.82. The van der Waals surface area contributed by atoms with Gasteiger partial charge in [-0.05, 0) is 31.7 Å². The number of hydrogen-bond donors (Lipinski definition) is 0. The van der Waals surface area contributed by atoms with Gasteiger partial charge in [0.1, 0.15) is 5.75 Å². The predicted octanol–water partition coefficient (Wildman–Crippen LogP) is 2.38. The van der Waals surface area contributed by atoms with E-state index in [1.807, 2.05) is 24.9 Å². The average Bonchev–Trinajstić information content (AvgIpc) is 2.76. The van der Waals surface area contributed by atoms with Gasteiger partial charge in [-0.2, -0.15) is 0 Å². The highest BCUT2D eigenvalue weighted by Crippen LogP contribution is 2.33. The molecule has 0 bridgehead atoms. The van der Waals surface area contributed by atoms with Crippen molar-refractivity contribution in [2.75, 3.05) is 26.8 Å². The third kappa shape index (κ3) is 3.70. The molecule has 2 rings (SSSR count). The first-order valence-corrected chi connectivity index (χ1v) is 7.17. The van der Waals surface area contributed by atoms with Gasteiger partial charge in [-0.15, -0.1) is 0 Å². The highest BCUT2D eigenvalue weighted by Gasteiger charge is 2.19. The van der Waals surface area contributed by atoms with Crippen molar-refractivity contribution in [3.63, 3.8) is 0 Å². The maximum absolute atomic E-state index is 11.4. The van der Waals surface area contributed by atoms with E-state index in [4.69, 9.17) is 9.47 Å². The Balaban J connectivity index is 2.05. The highest BCUT2D eigenvalue weighted by molar-refractivity contribution is 9.10. The van der Waals surface area contributed by atoms with E-state index in [0.717, 1.165) is 28.8 Å². The van der Waals surface area contributed by atoms with Crippen molar-refractivity contribution in [1.29, 1.82) is 0 Å². The second-order valence-corrected chi connectivity index (χ2v) is 5.54. The summed E-state index contributed by atoms with van der Waals surface area (Å²) in [5.41, 5.74) is 2.34. The molecule has 0 N–H and O–H groups in total. The second-order valence-electron chi connectivity index (χ2n) is 4.63. The highest BCUT2D eigenvalue weighted by atomic mass is 79.9. The zero-order valence-electron chi connectivity index (χ0n) is 11.2. The third-order valence-electron chi connectivity index (χ3n) is 2.97. The van der Waals surface area contributed by atoms with Gasteiger partial charge in [0.05, 0.1) is 19.8 Å². The molecule has 0 saturated carbocycles. The minimum absolute atomic E-state index is 0.197. The molecule has 0 saturated heterocycles. The molecule has 0 aromatic heterocycles. The molecule has 4 nitrogen and oxygen atoms in total. The summed E-state index contributed by atoms with van der Waals surface area (Å²) in [4.78, 5) is 13.4. The lowest BCUT2D eigenvalue weighted by molar-refractivity contribution is -0.144. The Labute approximate surface area is 121 Å². The Hall–Kier alpha value is -1.07. The van der Waals surface area contributed by atoms with E-state index in [2.05, 4.69) is 22.0 Å². The van der Waals surface area contributed by atoms with E-state index in [1.165, 1.54) is 5.56 Å².